The number of hydrogen-bond donors (Lipinski definition) is 3. The Kier molecular flexibility index (Phi) is 5.45. The van der Waals surface area contributed by atoms with Crippen LogP contribution in [-0.4, -0.2) is 31.0 Å². The highest BCUT2D eigenvalue weighted by Crippen LogP contribution is 2.41. The first kappa shape index (κ1) is 20.4. The van der Waals surface area contributed by atoms with Crippen LogP contribution in [0, 0.1) is 0 Å². The quantitative estimate of drug-likeness (QED) is 0.580. The summed E-state index contributed by atoms with van der Waals surface area (Å²) >= 11 is 0. The van der Waals surface area contributed by atoms with Gasteiger partial charge in [0, 0.05) is 23.6 Å². The molecule has 2 amide bonds. The first-order valence-corrected chi connectivity index (χ1v) is 10.8. The summed E-state index contributed by atoms with van der Waals surface area (Å²) in [6.45, 7) is 0.460. The molecule has 5 rings (SSSR count). The first-order valence-electron chi connectivity index (χ1n) is 10.8. The topological polar surface area (TPSA) is 79.8 Å². The minimum atomic E-state index is -0.391. The van der Waals surface area contributed by atoms with E-state index in [4.69, 9.17) is 9.47 Å². The third kappa shape index (κ3) is 3.89. The van der Waals surface area contributed by atoms with E-state index >= 15 is 0 Å². The molecule has 6 nitrogen and oxygen atoms in total. The van der Waals surface area contributed by atoms with Gasteiger partial charge in [0.1, 0.15) is 11.5 Å². The molecule has 1 heterocycles. The number of carbonyl (C=O) groups is 1. The Labute approximate surface area is 187 Å². The molecule has 3 atom stereocenters. The van der Waals surface area contributed by atoms with E-state index < -0.39 is 6.10 Å². The van der Waals surface area contributed by atoms with E-state index in [1.54, 1.807) is 7.11 Å². The van der Waals surface area contributed by atoms with Crippen molar-refractivity contribution in [2.45, 2.75) is 30.9 Å². The van der Waals surface area contributed by atoms with Crippen molar-refractivity contribution in [3.05, 3.63) is 89.0 Å². The van der Waals surface area contributed by atoms with E-state index in [0.717, 1.165) is 39.4 Å². The van der Waals surface area contributed by atoms with Crippen LogP contribution in [-0.2, 0) is 12.8 Å². The SMILES string of the molecule is COc1ccc(C2COc3ccccc3C2NC(=O)Nc2cccc3c2CC(O)C3)cc1. The lowest BCUT2D eigenvalue weighted by atomic mass is 9.85. The maximum Gasteiger partial charge on any atom is 0.319 e. The van der Waals surface area contributed by atoms with Crippen molar-refractivity contribution < 1.29 is 19.4 Å². The fourth-order valence-corrected chi connectivity index (χ4v) is 4.72. The lowest BCUT2D eigenvalue weighted by Crippen LogP contribution is -2.39. The molecule has 0 saturated heterocycles. The van der Waals surface area contributed by atoms with Gasteiger partial charge in [-0.1, -0.05) is 42.5 Å². The van der Waals surface area contributed by atoms with Gasteiger partial charge in [0.25, 0.3) is 0 Å². The minimum absolute atomic E-state index is 0.0510. The lowest BCUT2D eigenvalue weighted by molar-refractivity contribution is 0.187. The van der Waals surface area contributed by atoms with Crippen molar-refractivity contribution in [2.24, 2.45) is 0 Å². The van der Waals surface area contributed by atoms with Gasteiger partial charge in [-0.15, -0.1) is 0 Å². The average molecular weight is 431 g/mol. The summed E-state index contributed by atoms with van der Waals surface area (Å²) in [5.41, 5.74) is 4.85. The van der Waals surface area contributed by atoms with Crippen LogP contribution in [0.1, 0.15) is 34.2 Å². The van der Waals surface area contributed by atoms with Crippen molar-refractivity contribution in [1.82, 2.24) is 5.32 Å². The molecular formula is C26H26N2O4. The fourth-order valence-electron chi connectivity index (χ4n) is 4.72. The molecular weight excluding hydrogens is 404 g/mol. The third-order valence-corrected chi connectivity index (χ3v) is 6.32. The molecule has 3 unspecified atom stereocenters. The molecule has 0 radical (unpaired) electrons. The number of urea groups is 1. The number of carbonyl (C=O) groups excluding carboxylic acids is 1. The van der Waals surface area contributed by atoms with Gasteiger partial charge in [0.05, 0.1) is 25.9 Å². The van der Waals surface area contributed by atoms with E-state index in [-0.39, 0.29) is 18.0 Å². The molecule has 0 aromatic heterocycles. The summed E-state index contributed by atoms with van der Waals surface area (Å²) in [7, 11) is 1.64. The highest BCUT2D eigenvalue weighted by Gasteiger charge is 2.33. The highest BCUT2D eigenvalue weighted by molar-refractivity contribution is 5.91. The molecule has 3 N–H and O–H groups in total. The molecule has 6 heteroatoms. The van der Waals surface area contributed by atoms with E-state index in [2.05, 4.69) is 10.6 Å². The number of rotatable bonds is 4. The van der Waals surface area contributed by atoms with Gasteiger partial charge in [-0.2, -0.15) is 0 Å². The smallest absolute Gasteiger partial charge is 0.319 e. The van der Waals surface area contributed by atoms with Crippen LogP contribution >= 0.6 is 0 Å². The highest BCUT2D eigenvalue weighted by atomic mass is 16.5. The van der Waals surface area contributed by atoms with Crippen LogP contribution in [0.25, 0.3) is 0 Å². The molecule has 0 saturated carbocycles. The van der Waals surface area contributed by atoms with Crippen LogP contribution in [0.4, 0.5) is 10.5 Å². The molecule has 0 bridgehead atoms. The van der Waals surface area contributed by atoms with Crippen LogP contribution in [0.15, 0.2) is 66.7 Å². The van der Waals surface area contributed by atoms with Gasteiger partial charge in [-0.05, 0) is 47.4 Å². The first-order chi connectivity index (χ1) is 15.6. The molecule has 3 aromatic rings. The molecule has 164 valence electrons. The van der Waals surface area contributed by atoms with Crippen molar-refractivity contribution >= 4 is 11.7 Å². The van der Waals surface area contributed by atoms with Crippen molar-refractivity contribution in [3.63, 3.8) is 0 Å². The number of aliphatic hydroxyl groups is 1. The number of para-hydroxylation sites is 1. The maximum absolute atomic E-state index is 13.1. The molecule has 1 aliphatic heterocycles. The van der Waals surface area contributed by atoms with Crippen LogP contribution in [0.5, 0.6) is 11.5 Å². The van der Waals surface area contributed by atoms with Gasteiger partial charge in [0.15, 0.2) is 0 Å². The monoisotopic (exact) mass is 430 g/mol. The summed E-state index contributed by atoms with van der Waals surface area (Å²) in [6.07, 6.45) is 0.789. The molecule has 2 aliphatic rings. The Bertz CT molecular complexity index is 1130. The van der Waals surface area contributed by atoms with E-state index in [1.807, 2.05) is 66.7 Å². The second-order valence-electron chi connectivity index (χ2n) is 8.31. The summed E-state index contributed by atoms with van der Waals surface area (Å²) in [4.78, 5) is 13.1. The van der Waals surface area contributed by atoms with Gasteiger partial charge in [-0.3, -0.25) is 0 Å². The number of amides is 2. The number of anilines is 1. The third-order valence-electron chi connectivity index (χ3n) is 6.32. The molecule has 3 aromatic carbocycles. The normalized spacial score (nSPS) is 21.1. The van der Waals surface area contributed by atoms with Gasteiger partial charge in [-0.25, -0.2) is 4.79 Å². The predicted octanol–water partition coefficient (Wildman–Crippen LogP) is 4.19. The van der Waals surface area contributed by atoms with Crippen LogP contribution < -0.4 is 20.1 Å². The number of methoxy groups -OCH3 is 1. The number of nitrogens with one attached hydrogen (secondary N) is 2. The van der Waals surface area contributed by atoms with Crippen molar-refractivity contribution in [3.8, 4) is 11.5 Å². The standard InChI is InChI=1S/C26H26N2O4/c1-31-19-11-9-16(10-12-19)22-15-32-24-8-3-2-6-20(24)25(22)28-26(30)27-23-7-4-5-17-13-18(29)14-21(17)23/h2-12,18,22,25,29H,13-15H2,1H3,(H2,27,28,30). The summed E-state index contributed by atoms with van der Waals surface area (Å²) < 4.78 is 11.3. The fraction of sp³-hybridized carbons (Fsp3) is 0.269. The van der Waals surface area contributed by atoms with Crippen molar-refractivity contribution in [1.29, 1.82) is 0 Å². The number of hydrogen-bond acceptors (Lipinski definition) is 4. The molecule has 32 heavy (non-hydrogen) atoms. The summed E-state index contributed by atoms with van der Waals surface area (Å²) in [5, 5.41) is 16.2. The van der Waals surface area contributed by atoms with Gasteiger partial charge in [0.2, 0.25) is 0 Å². The number of benzene rings is 3. The second-order valence-corrected chi connectivity index (χ2v) is 8.31. The Hall–Kier alpha value is -3.51. The Morgan fingerprint density at radius 2 is 1.84 bits per heavy atom. The van der Waals surface area contributed by atoms with Crippen LogP contribution in [0.2, 0.25) is 0 Å². The summed E-state index contributed by atoms with van der Waals surface area (Å²) in [5.74, 6) is 1.52. The zero-order valence-corrected chi connectivity index (χ0v) is 17.9. The number of ether oxygens (including phenoxy) is 2. The predicted molar refractivity (Wildman–Crippen MR) is 122 cm³/mol. The van der Waals surface area contributed by atoms with Gasteiger partial charge >= 0.3 is 6.03 Å². The second kappa shape index (κ2) is 8.55. The summed E-state index contributed by atoms with van der Waals surface area (Å²) in [6, 6.07) is 20.9. The van der Waals surface area contributed by atoms with Gasteiger partial charge < -0.3 is 25.2 Å². The average Bonchev–Trinajstić information content (AvgIpc) is 3.21. The Morgan fingerprint density at radius 3 is 2.66 bits per heavy atom. The molecule has 1 aliphatic carbocycles. The van der Waals surface area contributed by atoms with E-state index in [9.17, 15) is 9.90 Å². The zero-order valence-electron chi connectivity index (χ0n) is 17.9. The van der Waals surface area contributed by atoms with E-state index in [0.29, 0.717) is 19.4 Å². The number of aliphatic hydroxyl groups excluding tert-OH is 1. The van der Waals surface area contributed by atoms with Crippen molar-refractivity contribution in [2.75, 3.05) is 19.0 Å². The van der Waals surface area contributed by atoms with Crippen LogP contribution in [0.3, 0.4) is 0 Å². The largest absolute Gasteiger partial charge is 0.497 e. The zero-order chi connectivity index (χ0) is 22.1. The Balaban J connectivity index is 1.41. The number of fused-ring (bicyclic) bond motifs is 2. The Morgan fingerprint density at radius 1 is 1.03 bits per heavy atom. The van der Waals surface area contributed by atoms with E-state index in [1.165, 1.54) is 0 Å². The minimum Gasteiger partial charge on any atom is -0.497 e. The molecule has 0 spiro atoms. The lowest BCUT2D eigenvalue weighted by Gasteiger charge is -2.34. The maximum atomic E-state index is 13.1. The molecule has 0 fully saturated rings.